The maximum atomic E-state index is 14.1. The third kappa shape index (κ3) is 3.27. The van der Waals surface area contributed by atoms with Crippen molar-refractivity contribution < 1.29 is 8.78 Å². The molecule has 0 saturated heterocycles. The SMILES string of the molecule is CCCNC(c1sc(C)cc1Br)c1c(F)cccc1F. The first-order valence-corrected chi connectivity index (χ1v) is 8.08. The highest BCUT2D eigenvalue weighted by Gasteiger charge is 2.24. The van der Waals surface area contributed by atoms with Crippen LogP contribution in [-0.4, -0.2) is 6.54 Å². The van der Waals surface area contributed by atoms with Crippen LogP contribution in [0.2, 0.25) is 0 Å². The van der Waals surface area contributed by atoms with Gasteiger partial charge in [-0.3, -0.25) is 0 Å². The topological polar surface area (TPSA) is 12.0 Å². The Bertz CT molecular complexity index is 577. The zero-order valence-corrected chi connectivity index (χ0v) is 13.7. The number of nitrogens with one attached hydrogen (secondary N) is 1. The highest BCUT2D eigenvalue weighted by molar-refractivity contribution is 9.10. The lowest BCUT2D eigenvalue weighted by Crippen LogP contribution is -2.24. The first-order valence-electron chi connectivity index (χ1n) is 6.47. The van der Waals surface area contributed by atoms with E-state index in [1.54, 1.807) is 11.3 Å². The second kappa shape index (κ2) is 6.78. The van der Waals surface area contributed by atoms with Crippen molar-refractivity contribution in [1.82, 2.24) is 5.32 Å². The summed E-state index contributed by atoms with van der Waals surface area (Å²) >= 11 is 5.02. The molecule has 2 aromatic rings. The van der Waals surface area contributed by atoms with Gasteiger partial charge in [0.15, 0.2) is 0 Å². The molecule has 20 heavy (non-hydrogen) atoms. The maximum Gasteiger partial charge on any atom is 0.131 e. The van der Waals surface area contributed by atoms with Gasteiger partial charge in [0, 0.05) is 19.8 Å². The Kier molecular flexibility index (Phi) is 5.29. The summed E-state index contributed by atoms with van der Waals surface area (Å²) in [6.45, 7) is 4.70. The molecule has 0 aliphatic carbocycles. The molecule has 0 amide bonds. The molecule has 0 aliphatic rings. The van der Waals surface area contributed by atoms with E-state index in [9.17, 15) is 8.78 Å². The van der Waals surface area contributed by atoms with Crippen molar-refractivity contribution in [3.05, 3.63) is 55.7 Å². The molecule has 0 bridgehead atoms. The molecule has 0 spiro atoms. The Morgan fingerprint density at radius 3 is 2.45 bits per heavy atom. The van der Waals surface area contributed by atoms with Gasteiger partial charge in [0.2, 0.25) is 0 Å². The summed E-state index contributed by atoms with van der Waals surface area (Å²) in [6.07, 6.45) is 0.897. The highest BCUT2D eigenvalue weighted by Crippen LogP contribution is 2.37. The fourth-order valence-corrected chi connectivity index (χ4v) is 4.06. The monoisotopic (exact) mass is 359 g/mol. The van der Waals surface area contributed by atoms with Gasteiger partial charge >= 0.3 is 0 Å². The Hall–Kier alpha value is -0.780. The largest absolute Gasteiger partial charge is 0.305 e. The van der Waals surface area contributed by atoms with Gasteiger partial charge in [-0.05, 0) is 54.0 Å². The van der Waals surface area contributed by atoms with Crippen molar-refractivity contribution in [2.45, 2.75) is 26.3 Å². The summed E-state index contributed by atoms with van der Waals surface area (Å²) in [5.41, 5.74) is 0.0866. The van der Waals surface area contributed by atoms with E-state index in [1.807, 2.05) is 19.9 Å². The zero-order valence-electron chi connectivity index (χ0n) is 11.3. The Morgan fingerprint density at radius 1 is 1.30 bits per heavy atom. The Morgan fingerprint density at radius 2 is 1.95 bits per heavy atom. The van der Waals surface area contributed by atoms with E-state index in [-0.39, 0.29) is 5.56 Å². The van der Waals surface area contributed by atoms with Gasteiger partial charge in [-0.1, -0.05) is 13.0 Å². The van der Waals surface area contributed by atoms with Crippen LogP contribution in [0.3, 0.4) is 0 Å². The zero-order chi connectivity index (χ0) is 14.7. The smallest absolute Gasteiger partial charge is 0.131 e. The molecule has 0 fully saturated rings. The predicted octanol–water partition coefficient (Wildman–Crippen LogP) is 5.19. The molecule has 1 aromatic heterocycles. The van der Waals surface area contributed by atoms with Crippen LogP contribution in [0, 0.1) is 18.6 Å². The summed E-state index contributed by atoms with van der Waals surface area (Å²) < 4.78 is 29.0. The number of halogens is 3. The normalized spacial score (nSPS) is 12.7. The van der Waals surface area contributed by atoms with E-state index in [0.29, 0.717) is 6.54 Å². The van der Waals surface area contributed by atoms with E-state index in [0.717, 1.165) is 20.6 Å². The molecule has 1 N–H and O–H groups in total. The van der Waals surface area contributed by atoms with Crippen molar-refractivity contribution in [3.8, 4) is 0 Å². The molecule has 0 radical (unpaired) electrons. The van der Waals surface area contributed by atoms with Gasteiger partial charge in [0.05, 0.1) is 6.04 Å². The van der Waals surface area contributed by atoms with E-state index in [1.165, 1.54) is 18.2 Å². The molecule has 1 nitrogen and oxygen atoms in total. The molecule has 0 aliphatic heterocycles. The number of hydrogen-bond donors (Lipinski definition) is 1. The van der Waals surface area contributed by atoms with Gasteiger partial charge in [-0.15, -0.1) is 11.3 Å². The molecular weight excluding hydrogens is 344 g/mol. The molecule has 2 rings (SSSR count). The van der Waals surface area contributed by atoms with E-state index < -0.39 is 17.7 Å². The second-order valence-corrected chi connectivity index (χ2v) is 6.73. The minimum Gasteiger partial charge on any atom is -0.305 e. The second-order valence-electron chi connectivity index (χ2n) is 4.59. The van der Waals surface area contributed by atoms with Crippen LogP contribution in [-0.2, 0) is 0 Å². The van der Waals surface area contributed by atoms with Crippen LogP contribution in [0.5, 0.6) is 0 Å². The van der Waals surface area contributed by atoms with Crippen LogP contribution < -0.4 is 5.32 Å². The molecule has 1 atom stereocenters. The van der Waals surface area contributed by atoms with Gasteiger partial charge in [0.1, 0.15) is 11.6 Å². The van der Waals surface area contributed by atoms with Crippen LogP contribution in [0.25, 0.3) is 0 Å². The summed E-state index contributed by atoms with van der Waals surface area (Å²) in [5.74, 6) is -1.03. The number of benzene rings is 1. The summed E-state index contributed by atoms with van der Waals surface area (Å²) in [6, 6.07) is 5.49. The lowest BCUT2D eigenvalue weighted by atomic mass is 10.0. The van der Waals surface area contributed by atoms with Crippen LogP contribution in [0.1, 0.15) is 34.7 Å². The molecular formula is C15H16BrF2NS. The van der Waals surface area contributed by atoms with E-state index in [2.05, 4.69) is 21.2 Å². The minimum absolute atomic E-state index is 0.0866. The Balaban J connectivity index is 2.50. The van der Waals surface area contributed by atoms with Gasteiger partial charge in [0.25, 0.3) is 0 Å². The first-order chi connectivity index (χ1) is 9.54. The van der Waals surface area contributed by atoms with Gasteiger partial charge in [-0.2, -0.15) is 0 Å². The highest BCUT2D eigenvalue weighted by atomic mass is 79.9. The van der Waals surface area contributed by atoms with E-state index >= 15 is 0 Å². The standard InChI is InChI=1S/C15H16BrF2NS/c1-3-7-19-14(15-10(16)8-9(2)20-15)13-11(17)5-4-6-12(13)18/h4-6,8,14,19H,3,7H2,1-2H3. The van der Waals surface area contributed by atoms with Crippen molar-refractivity contribution in [2.75, 3.05) is 6.54 Å². The fraction of sp³-hybridized carbons (Fsp3) is 0.333. The quantitative estimate of drug-likeness (QED) is 0.774. The Labute approximate surface area is 130 Å². The average molecular weight is 360 g/mol. The van der Waals surface area contributed by atoms with Crippen LogP contribution in [0.4, 0.5) is 8.78 Å². The van der Waals surface area contributed by atoms with Crippen LogP contribution in [0.15, 0.2) is 28.7 Å². The number of hydrogen-bond acceptors (Lipinski definition) is 2. The third-order valence-electron chi connectivity index (χ3n) is 2.99. The molecule has 5 heteroatoms. The van der Waals surface area contributed by atoms with Crippen molar-refractivity contribution in [3.63, 3.8) is 0 Å². The maximum absolute atomic E-state index is 14.1. The average Bonchev–Trinajstić information content (AvgIpc) is 2.72. The fourth-order valence-electron chi connectivity index (χ4n) is 2.10. The van der Waals surface area contributed by atoms with Crippen LogP contribution >= 0.6 is 27.3 Å². The lowest BCUT2D eigenvalue weighted by molar-refractivity contribution is 0.505. The molecule has 1 aromatic carbocycles. The lowest BCUT2D eigenvalue weighted by Gasteiger charge is -2.19. The van der Waals surface area contributed by atoms with Gasteiger partial charge in [-0.25, -0.2) is 8.78 Å². The molecule has 108 valence electrons. The van der Waals surface area contributed by atoms with Gasteiger partial charge < -0.3 is 5.32 Å². The van der Waals surface area contributed by atoms with Crippen molar-refractivity contribution in [1.29, 1.82) is 0 Å². The molecule has 1 heterocycles. The molecule has 0 saturated carbocycles. The minimum atomic E-state index is -0.517. The summed E-state index contributed by atoms with van der Waals surface area (Å²) in [7, 11) is 0. The van der Waals surface area contributed by atoms with E-state index in [4.69, 9.17) is 0 Å². The number of thiophene rings is 1. The third-order valence-corrected chi connectivity index (χ3v) is 5.02. The predicted molar refractivity (Wildman–Crippen MR) is 83.3 cm³/mol. The molecule has 1 unspecified atom stereocenters. The first kappa shape index (κ1) is 15.6. The van der Waals surface area contributed by atoms with Crippen molar-refractivity contribution >= 4 is 27.3 Å². The summed E-state index contributed by atoms with van der Waals surface area (Å²) in [4.78, 5) is 2.01. The van der Waals surface area contributed by atoms with Crippen molar-refractivity contribution in [2.24, 2.45) is 0 Å². The number of rotatable bonds is 5. The number of aryl methyl sites for hydroxylation is 1. The summed E-state index contributed by atoms with van der Waals surface area (Å²) in [5, 5.41) is 3.24.